The lowest BCUT2D eigenvalue weighted by molar-refractivity contribution is -0.234. The van der Waals surface area contributed by atoms with E-state index >= 15 is 0 Å². The summed E-state index contributed by atoms with van der Waals surface area (Å²) in [6.07, 6.45) is 6.40. The van der Waals surface area contributed by atoms with Gasteiger partial charge in [0, 0.05) is 16.6 Å². The summed E-state index contributed by atoms with van der Waals surface area (Å²) >= 11 is 0. The third-order valence-corrected chi connectivity index (χ3v) is 6.79. The monoisotopic (exact) mass is 281 g/mol. The van der Waals surface area contributed by atoms with Gasteiger partial charge in [0.25, 0.3) is 0 Å². The van der Waals surface area contributed by atoms with Crippen molar-refractivity contribution in [2.24, 2.45) is 0 Å². The van der Waals surface area contributed by atoms with Crippen molar-refractivity contribution in [1.29, 1.82) is 0 Å². The van der Waals surface area contributed by atoms with Gasteiger partial charge in [-0.15, -0.1) is 0 Å². The molecule has 4 bridgehead atoms. The smallest absolute Gasteiger partial charge is 0.0700 e. The van der Waals surface area contributed by atoms with Crippen molar-refractivity contribution < 1.29 is 5.11 Å². The quantitative estimate of drug-likeness (QED) is 0.836. The van der Waals surface area contributed by atoms with Crippen LogP contribution < -0.4 is 0 Å². The van der Waals surface area contributed by atoms with E-state index in [9.17, 15) is 5.11 Å². The van der Waals surface area contributed by atoms with E-state index < -0.39 is 5.60 Å². The first-order chi connectivity index (χ1) is 9.07. The van der Waals surface area contributed by atoms with E-state index in [0.29, 0.717) is 0 Å². The van der Waals surface area contributed by atoms with Crippen molar-refractivity contribution in [3.63, 3.8) is 0 Å². The molecule has 4 saturated carbocycles. The lowest BCUT2D eigenvalue weighted by Gasteiger charge is -2.73. The van der Waals surface area contributed by atoms with Crippen LogP contribution in [-0.4, -0.2) is 84.3 Å². The molecule has 0 spiro atoms. The van der Waals surface area contributed by atoms with Gasteiger partial charge in [0.05, 0.1) is 5.60 Å². The fourth-order valence-corrected chi connectivity index (χ4v) is 5.85. The van der Waals surface area contributed by atoms with Gasteiger partial charge in [-0.1, -0.05) is 0 Å². The highest BCUT2D eigenvalue weighted by molar-refractivity contribution is 5.27. The van der Waals surface area contributed by atoms with Crippen LogP contribution in [0.15, 0.2) is 0 Å². The Bertz CT molecular complexity index is 350. The van der Waals surface area contributed by atoms with Crippen LogP contribution in [0, 0.1) is 0 Å². The second-order valence-corrected chi connectivity index (χ2v) is 8.64. The highest BCUT2D eigenvalue weighted by Gasteiger charge is 2.69. The van der Waals surface area contributed by atoms with Crippen LogP contribution >= 0.6 is 0 Å². The third kappa shape index (κ3) is 1.75. The molecule has 0 aromatic rings. The van der Waals surface area contributed by atoms with Gasteiger partial charge in [0.2, 0.25) is 0 Å². The fourth-order valence-electron chi connectivity index (χ4n) is 5.85. The van der Waals surface area contributed by atoms with Crippen LogP contribution in [0.1, 0.15) is 38.5 Å². The number of rotatable bonds is 3. The largest absolute Gasteiger partial charge is 0.390 e. The summed E-state index contributed by atoms with van der Waals surface area (Å²) in [6.45, 7) is 0. The Labute approximate surface area is 123 Å². The molecule has 0 atom stereocenters. The SMILES string of the molecule is CN(C)C12CC3(O)CC(N(C)C)(C1)CC(N(C)C)(C3)C2. The summed E-state index contributed by atoms with van der Waals surface area (Å²) < 4.78 is 0. The Morgan fingerprint density at radius 2 is 0.800 bits per heavy atom. The predicted octanol–water partition coefficient (Wildman–Crippen LogP) is 1.00. The molecule has 1 N–H and O–H groups in total. The third-order valence-electron chi connectivity index (χ3n) is 6.79. The minimum absolute atomic E-state index is 0.151. The van der Waals surface area contributed by atoms with E-state index in [1.807, 2.05) is 0 Å². The molecule has 4 aliphatic rings. The van der Waals surface area contributed by atoms with Gasteiger partial charge in [-0.25, -0.2) is 0 Å². The molecular formula is C16H31N3O. The van der Waals surface area contributed by atoms with Crippen LogP contribution in [-0.2, 0) is 0 Å². The maximum Gasteiger partial charge on any atom is 0.0700 e. The second-order valence-electron chi connectivity index (χ2n) is 8.64. The van der Waals surface area contributed by atoms with Gasteiger partial charge in [-0.3, -0.25) is 0 Å². The molecule has 4 rings (SSSR count). The molecule has 4 heteroatoms. The number of hydrogen-bond acceptors (Lipinski definition) is 4. The Hall–Kier alpha value is -0.160. The highest BCUT2D eigenvalue weighted by atomic mass is 16.3. The van der Waals surface area contributed by atoms with E-state index in [1.165, 1.54) is 19.3 Å². The van der Waals surface area contributed by atoms with Crippen LogP contribution in [0.3, 0.4) is 0 Å². The van der Waals surface area contributed by atoms with Crippen LogP contribution in [0.4, 0.5) is 0 Å². The second kappa shape index (κ2) is 3.97. The first-order valence-corrected chi connectivity index (χ1v) is 7.82. The summed E-state index contributed by atoms with van der Waals surface area (Å²) in [5, 5.41) is 11.3. The molecular weight excluding hydrogens is 250 g/mol. The van der Waals surface area contributed by atoms with Gasteiger partial charge in [-0.05, 0) is 80.8 Å². The molecule has 0 aromatic carbocycles. The molecule has 4 nitrogen and oxygen atoms in total. The molecule has 0 saturated heterocycles. The number of nitrogens with zero attached hydrogens (tertiary/aromatic N) is 3. The minimum atomic E-state index is -0.493. The maximum absolute atomic E-state index is 11.3. The molecule has 116 valence electrons. The average Bonchev–Trinajstić information content (AvgIpc) is 2.24. The van der Waals surface area contributed by atoms with Crippen LogP contribution in [0.25, 0.3) is 0 Å². The first kappa shape index (κ1) is 14.8. The van der Waals surface area contributed by atoms with Gasteiger partial charge in [0.15, 0.2) is 0 Å². The molecule has 4 aliphatic carbocycles. The van der Waals surface area contributed by atoms with E-state index in [4.69, 9.17) is 0 Å². The molecule has 0 amide bonds. The average molecular weight is 281 g/mol. The molecule has 4 fully saturated rings. The van der Waals surface area contributed by atoms with Crippen molar-refractivity contribution in [2.75, 3.05) is 42.3 Å². The van der Waals surface area contributed by atoms with Crippen molar-refractivity contribution in [3.8, 4) is 0 Å². The zero-order valence-corrected chi connectivity index (χ0v) is 14.0. The number of hydrogen-bond donors (Lipinski definition) is 1. The predicted molar refractivity (Wildman–Crippen MR) is 81.9 cm³/mol. The Morgan fingerprint density at radius 3 is 1.00 bits per heavy atom. The van der Waals surface area contributed by atoms with E-state index in [2.05, 4.69) is 57.0 Å². The summed E-state index contributed by atoms with van der Waals surface area (Å²) in [7, 11) is 13.2. The summed E-state index contributed by atoms with van der Waals surface area (Å²) in [4.78, 5) is 7.18. The topological polar surface area (TPSA) is 30.0 Å². The van der Waals surface area contributed by atoms with Crippen LogP contribution in [0.2, 0.25) is 0 Å². The minimum Gasteiger partial charge on any atom is -0.390 e. The molecule has 0 heterocycles. The summed E-state index contributed by atoms with van der Waals surface area (Å²) in [5.74, 6) is 0. The standard InChI is InChI=1S/C16H31N3O/c1-17(2)13-7-14(18(3)4)9-15(8-13,19(5)6)12-16(20,10-13)11-14/h20H,7-12H2,1-6H3. The maximum atomic E-state index is 11.3. The first-order valence-electron chi connectivity index (χ1n) is 7.82. The molecule has 0 radical (unpaired) electrons. The Morgan fingerprint density at radius 1 is 0.550 bits per heavy atom. The highest BCUT2D eigenvalue weighted by Crippen LogP contribution is 2.64. The van der Waals surface area contributed by atoms with Crippen molar-refractivity contribution in [2.45, 2.75) is 60.7 Å². The lowest BCUT2D eigenvalue weighted by atomic mass is 9.44. The van der Waals surface area contributed by atoms with E-state index in [1.54, 1.807) is 0 Å². The Kier molecular flexibility index (Phi) is 2.93. The normalized spacial score (nSPS) is 50.7. The fraction of sp³-hybridized carbons (Fsp3) is 1.00. The van der Waals surface area contributed by atoms with Crippen molar-refractivity contribution in [3.05, 3.63) is 0 Å². The zero-order chi connectivity index (χ0) is 15.0. The van der Waals surface area contributed by atoms with Gasteiger partial charge >= 0.3 is 0 Å². The van der Waals surface area contributed by atoms with Gasteiger partial charge < -0.3 is 19.8 Å². The lowest BCUT2D eigenvalue weighted by Crippen LogP contribution is -2.79. The van der Waals surface area contributed by atoms with E-state index in [-0.39, 0.29) is 16.6 Å². The number of aliphatic hydroxyl groups is 1. The molecule has 20 heavy (non-hydrogen) atoms. The van der Waals surface area contributed by atoms with Crippen molar-refractivity contribution >= 4 is 0 Å². The van der Waals surface area contributed by atoms with Gasteiger partial charge in [-0.2, -0.15) is 0 Å². The summed E-state index contributed by atoms with van der Waals surface area (Å²) in [5.41, 5.74) is -0.0400. The summed E-state index contributed by atoms with van der Waals surface area (Å²) in [6, 6.07) is 0. The van der Waals surface area contributed by atoms with Crippen LogP contribution in [0.5, 0.6) is 0 Å². The Balaban J connectivity index is 2.12. The molecule has 0 unspecified atom stereocenters. The molecule has 0 aliphatic heterocycles. The molecule has 0 aromatic heterocycles. The zero-order valence-electron chi connectivity index (χ0n) is 14.0. The van der Waals surface area contributed by atoms with Crippen molar-refractivity contribution in [1.82, 2.24) is 14.7 Å². The van der Waals surface area contributed by atoms with Gasteiger partial charge in [0.1, 0.15) is 0 Å². The van der Waals surface area contributed by atoms with E-state index in [0.717, 1.165) is 19.3 Å².